The molecule has 1 N–H and O–H groups in total. The number of imide groups is 2. The molecule has 118 valence electrons. The van der Waals surface area contributed by atoms with Gasteiger partial charge in [-0.1, -0.05) is 13.3 Å². The molecule has 8 nitrogen and oxygen atoms in total. The van der Waals surface area contributed by atoms with E-state index in [2.05, 4.69) is 5.32 Å². The number of carbonyl (C=O) groups excluding carboxylic acids is 4. The molecule has 0 radical (unpaired) electrons. The second-order valence-electron chi connectivity index (χ2n) is 4.91. The molecule has 1 unspecified atom stereocenters. The lowest BCUT2D eigenvalue weighted by Gasteiger charge is -2.17. The van der Waals surface area contributed by atoms with E-state index in [1.54, 1.807) is 6.92 Å². The molecule has 1 heterocycles. The van der Waals surface area contributed by atoms with Crippen LogP contribution in [0, 0.1) is 0 Å². The highest BCUT2D eigenvalue weighted by molar-refractivity contribution is 6.45. The van der Waals surface area contributed by atoms with E-state index in [1.807, 2.05) is 6.92 Å². The Kier molecular flexibility index (Phi) is 6.29. The largest absolute Gasteiger partial charge is 0.383 e. The summed E-state index contributed by atoms with van der Waals surface area (Å²) in [6.07, 6.45) is 1.41. The molecule has 21 heavy (non-hydrogen) atoms. The van der Waals surface area contributed by atoms with E-state index >= 15 is 0 Å². The Labute approximate surface area is 123 Å². The number of hydrogen-bond donors (Lipinski definition) is 1. The molecule has 5 amide bonds. The molecule has 0 aromatic rings. The van der Waals surface area contributed by atoms with Gasteiger partial charge in [0, 0.05) is 19.7 Å². The Morgan fingerprint density at radius 1 is 1.24 bits per heavy atom. The molecule has 0 saturated carbocycles. The van der Waals surface area contributed by atoms with Crippen molar-refractivity contribution < 1.29 is 23.9 Å². The maximum atomic E-state index is 12.0. The Morgan fingerprint density at radius 3 is 2.43 bits per heavy atom. The molecule has 0 bridgehead atoms. The summed E-state index contributed by atoms with van der Waals surface area (Å²) in [4.78, 5) is 48.8. The predicted octanol–water partition coefficient (Wildman–Crippen LogP) is -0.272. The minimum atomic E-state index is -0.953. The number of carbonyl (C=O) groups is 4. The summed E-state index contributed by atoms with van der Waals surface area (Å²) in [5, 5.41) is 2.58. The number of methoxy groups -OCH3 is 1. The highest BCUT2D eigenvalue weighted by atomic mass is 16.5. The maximum Gasteiger partial charge on any atom is 0.334 e. The minimum Gasteiger partial charge on any atom is -0.383 e. The molecule has 8 heteroatoms. The van der Waals surface area contributed by atoms with Gasteiger partial charge in [0.2, 0.25) is 5.91 Å². The zero-order chi connectivity index (χ0) is 16.0. The van der Waals surface area contributed by atoms with Gasteiger partial charge in [0.1, 0.15) is 6.54 Å². The van der Waals surface area contributed by atoms with E-state index in [4.69, 9.17) is 4.74 Å². The van der Waals surface area contributed by atoms with Crippen molar-refractivity contribution in [3.05, 3.63) is 0 Å². The van der Waals surface area contributed by atoms with Crippen LogP contribution in [0.4, 0.5) is 4.79 Å². The number of nitrogens with zero attached hydrogens (tertiary/aromatic N) is 2. The van der Waals surface area contributed by atoms with Crippen LogP contribution in [0.2, 0.25) is 0 Å². The van der Waals surface area contributed by atoms with Gasteiger partial charge in [-0.05, 0) is 13.3 Å². The Bertz CT molecular complexity index is 438. The summed E-state index contributed by atoms with van der Waals surface area (Å²) in [5.41, 5.74) is 0. The first-order valence-corrected chi connectivity index (χ1v) is 6.88. The van der Waals surface area contributed by atoms with E-state index < -0.39 is 30.3 Å². The number of hydrogen-bond acceptors (Lipinski definition) is 5. The number of amides is 5. The van der Waals surface area contributed by atoms with Crippen molar-refractivity contribution in [3.63, 3.8) is 0 Å². The molecule has 1 saturated heterocycles. The van der Waals surface area contributed by atoms with Crippen LogP contribution in [0.1, 0.15) is 26.7 Å². The summed E-state index contributed by atoms with van der Waals surface area (Å²) in [7, 11) is 1.50. The number of nitrogens with one attached hydrogen (secondary N) is 1. The van der Waals surface area contributed by atoms with Crippen LogP contribution in [0.3, 0.4) is 0 Å². The SMILES string of the molecule is CCCCN1C(=O)C(=O)N(CC(=O)NC(C)COC)C1=O. The van der Waals surface area contributed by atoms with Gasteiger partial charge < -0.3 is 10.1 Å². The third-order valence-corrected chi connectivity index (χ3v) is 3.00. The minimum absolute atomic E-state index is 0.193. The monoisotopic (exact) mass is 299 g/mol. The van der Waals surface area contributed by atoms with Crippen LogP contribution < -0.4 is 5.32 Å². The lowest BCUT2D eigenvalue weighted by atomic mass is 10.3. The first-order valence-electron chi connectivity index (χ1n) is 6.88. The zero-order valence-corrected chi connectivity index (χ0v) is 12.5. The van der Waals surface area contributed by atoms with Crippen LogP contribution in [-0.2, 0) is 19.1 Å². The predicted molar refractivity (Wildman–Crippen MR) is 73.2 cm³/mol. The molecular weight excluding hydrogens is 278 g/mol. The van der Waals surface area contributed by atoms with Gasteiger partial charge in [0.25, 0.3) is 0 Å². The zero-order valence-electron chi connectivity index (χ0n) is 12.5. The van der Waals surface area contributed by atoms with E-state index in [0.717, 1.165) is 11.3 Å². The van der Waals surface area contributed by atoms with E-state index in [-0.39, 0.29) is 12.6 Å². The van der Waals surface area contributed by atoms with E-state index in [0.29, 0.717) is 17.9 Å². The van der Waals surface area contributed by atoms with Crippen LogP contribution in [0.15, 0.2) is 0 Å². The quantitative estimate of drug-likeness (QED) is 0.491. The fraction of sp³-hybridized carbons (Fsp3) is 0.692. The lowest BCUT2D eigenvalue weighted by Crippen LogP contribution is -2.45. The second kappa shape index (κ2) is 7.72. The number of unbranched alkanes of at least 4 members (excludes halogenated alkanes) is 1. The topological polar surface area (TPSA) is 96.0 Å². The average Bonchev–Trinajstić information content (AvgIpc) is 2.61. The summed E-state index contributed by atoms with van der Waals surface area (Å²) >= 11 is 0. The molecule has 0 aromatic carbocycles. The van der Waals surface area contributed by atoms with Crippen molar-refractivity contribution in [1.82, 2.24) is 15.1 Å². The average molecular weight is 299 g/mol. The smallest absolute Gasteiger partial charge is 0.334 e. The molecule has 1 aliphatic rings. The molecule has 1 aliphatic heterocycles. The third-order valence-electron chi connectivity index (χ3n) is 3.00. The normalized spacial score (nSPS) is 16.6. The number of ether oxygens (including phenoxy) is 1. The summed E-state index contributed by atoms with van der Waals surface area (Å²) in [5.74, 6) is -2.33. The number of urea groups is 1. The summed E-state index contributed by atoms with van der Waals surface area (Å²) < 4.78 is 4.87. The van der Waals surface area contributed by atoms with E-state index in [9.17, 15) is 19.2 Å². The highest BCUT2D eigenvalue weighted by Gasteiger charge is 2.44. The van der Waals surface area contributed by atoms with Gasteiger partial charge in [-0.3, -0.25) is 19.3 Å². The van der Waals surface area contributed by atoms with Crippen molar-refractivity contribution in [3.8, 4) is 0 Å². The van der Waals surface area contributed by atoms with Gasteiger partial charge in [-0.25, -0.2) is 9.69 Å². The van der Waals surface area contributed by atoms with Crippen molar-refractivity contribution in [2.24, 2.45) is 0 Å². The van der Waals surface area contributed by atoms with Gasteiger partial charge in [0.15, 0.2) is 0 Å². The van der Waals surface area contributed by atoms with Gasteiger partial charge in [0.05, 0.1) is 6.61 Å². The van der Waals surface area contributed by atoms with Crippen molar-refractivity contribution in [1.29, 1.82) is 0 Å². The van der Waals surface area contributed by atoms with Crippen molar-refractivity contribution >= 4 is 23.8 Å². The van der Waals surface area contributed by atoms with Gasteiger partial charge in [-0.2, -0.15) is 0 Å². The fourth-order valence-corrected chi connectivity index (χ4v) is 1.96. The van der Waals surface area contributed by atoms with Crippen LogP contribution in [0.5, 0.6) is 0 Å². The second-order valence-corrected chi connectivity index (χ2v) is 4.91. The Hall–Kier alpha value is -1.96. The van der Waals surface area contributed by atoms with E-state index in [1.165, 1.54) is 7.11 Å². The molecule has 1 atom stereocenters. The summed E-state index contributed by atoms with van der Waals surface area (Å²) in [6, 6.07) is -0.977. The molecule has 1 fully saturated rings. The molecule has 0 aromatic heterocycles. The fourth-order valence-electron chi connectivity index (χ4n) is 1.96. The summed E-state index contributed by atoms with van der Waals surface area (Å²) in [6.45, 7) is 3.69. The van der Waals surface area contributed by atoms with Crippen LogP contribution in [-0.4, -0.2) is 66.4 Å². The highest BCUT2D eigenvalue weighted by Crippen LogP contribution is 2.12. The van der Waals surface area contributed by atoms with Gasteiger partial charge >= 0.3 is 17.8 Å². The number of rotatable bonds is 8. The van der Waals surface area contributed by atoms with Crippen molar-refractivity contribution in [2.45, 2.75) is 32.7 Å². The lowest BCUT2D eigenvalue weighted by molar-refractivity contribution is -0.144. The Balaban J connectivity index is 2.62. The first-order chi connectivity index (χ1) is 9.92. The molecule has 0 aliphatic carbocycles. The Morgan fingerprint density at radius 2 is 1.86 bits per heavy atom. The molecule has 0 spiro atoms. The maximum absolute atomic E-state index is 12.0. The molecular formula is C13H21N3O5. The van der Waals surface area contributed by atoms with Gasteiger partial charge in [-0.15, -0.1) is 0 Å². The molecule has 1 rings (SSSR count). The first kappa shape index (κ1) is 17.1. The van der Waals surface area contributed by atoms with Crippen LogP contribution in [0.25, 0.3) is 0 Å². The standard InChI is InChI=1S/C13H21N3O5/c1-4-5-6-15-11(18)12(19)16(13(15)20)7-10(17)14-9(2)8-21-3/h9H,4-8H2,1-3H3,(H,14,17). The van der Waals surface area contributed by atoms with Crippen molar-refractivity contribution in [2.75, 3.05) is 26.8 Å². The third kappa shape index (κ3) is 4.25. The van der Waals surface area contributed by atoms with Crippen LogP contribution >= 0.6 is 0 Å².